The highest BCUT2D eigenvalue weighted by atomic mass is 16.5. The molecule has 0 saturated heterocycles. The number of amides is 1. The molecule has 2 rings (SSSR count). The van der Waals surface area contributed by atoms with Crippen molar-refractivity contribution in [1.82, 2.24) is 0 Å². The average Bonchev–Trinajstić information content (AvgIpc) is 2.45. The van der Waals surface area contributed by atoms with Crippen molar-refractivity contribution in [2.45, 2.75) is 27.7 Å². The van der Waals surface area contributed by atoms with E-state index in [9.17, 15) is 4.79 Å². The zero-order chi connectivity index (χ0) is 15.4. The average molecular weight is 283 g/mol. The second-order valence-electron chi connectivity index (χ2n) is 5.13. The molecule has 0 radical (unpaired) electrons. The van der Waals surface area contributed by atoms with Crippen molar-refractivity contribution >= 4 is 11.6 Å². The number of rotatable bonds is 4. The van der Waals surface area contributed by atoms with E-state index in [2.05, 4.69) is 5.32 Å². The van der Waals surface area contributed by atoms with Gasteiger partial charge in [-0.05, 0) is 62.6 Å². The van der Waals surface area contributed by atoms with Gasteiger partial charge in [-0.3, -0.25) is 4.79 Å². The first kappa shape index (κ1) is 15.1. The Kier molecular flexibility index (Phi) is 4.63. The minimum Gasteiger partial charge on any atom is -0.494 e. The van der Waals surface area contributed by atoms with E-state index < -0.39 is 0 Å². The first-order valence-electron chi connectivity index (χ1n) is 7.14. The van der Waals surface area contributed by atoms with E-state index in [0.717, 1.165) is 28.1 Å². The van der Waals surface area contributed by atoms with Crippen molar-refractivity contribution in [1.29, 1.82) is 0 Å². The summed E-state index contributed by atoms with van der Waals surface area (Å²) in [6, 6.07) is 11.5. The highest BCUT2D eigenvalue weighted by Crippen LogP contribution is 2.22. The Labute approximate surface area is 126 Å². The summed E-state index contributed by atoms with van der Waals surface area (Å²) in [5, 5.41) is 2.99. The molecule has 1 amide bonds. The molecule has 2 aromatic carbocycles. The van der Waals surface area contributed by atoms with Crippen LogP contribution in [-0.2, 0) is 0 Å². The van der Waals surface area contributed by atoms with Gasteiger partial charge in [0, 0.05) is 11.3 Å². The monoisotopic (exact) mass is 283 g/mol. The van der Waals surface area contributed by atoms with E-state index in [1.54, 1.807) is 6.07 Å². The summed E-state index contributed by atoms with van der Waals surface area (Å²) in [6.45, 7) is 8.49. The van der Waals surface area contributed by atoms with Crippen molar-refractivity contribution < 1.29 is 9.53 Å². The standard InChI is InChI=1S/C18H21NO2/c1-5-21-16-10-9-15(11-14(16)4)18(20)19-17-12(2)7-6-8-13(17)3/h6-11H,5H2,1-4H3,(H,19,20). The number of carbonyl (C=O) groups excluding carboxylic acids is 1. The molecule has 0 saturated carbocycles. The largest absolute Gasteiger partial charge is 0.494 e. The molecular formula is C18H21NO2. The lowest BCUT2D eigenvalue weighted by molar-refractivity contribution is 0.102. The Balaban J connectivity index is 2.23. The number of anilines is 1. The molecule has 3 nitrogen and oxygen atoms in total. The normalized spacial score (nSPS) is 10.3. The van der Waals surface area contributed by atoms with Crippen molar-refractivity contribution in [2.24, 2.45) is 0 Å². The number of aryl methyl sites for hydroxylation is 3. The van der Waals surface area contributed by atoms with Gasteiger partial charge in [0.1, 0.15) is 5.75 Å². The SMILES string of the molecule is CCOc1ccc(C(=O)Nc2c(C)cccc2C)cc1C. The smallest absolute Gasteiger partial charge is 0.255 e. The van der Waals surface area contributed by atoms with Gasteiger partial charge in [0.25, 0.3) is 5.91 Å². The first-order chi connectivity index (χ1) is 10.0. The van der Waals surface area contributed by atoms with Gasteiger partial charge in [-0.2, -0.15) is 0 Å². The van der Waals surface area contributed by atoms with Gasteiger partial charge in [-0.25, -0.2) is 0 Å². The lowest BCUT2D eigenvalue weighted by Gasteiger charge is -2.13. The Morgan fingerprint density at radius 2 is 1.71 bits per heavy atom. The summed E-state index contributed by atoms with van der Waals surface area (Å²) in [7, 11) is 0. The molecule has 0 heterocycles. The molecule has 0 aliphatic rings. The highest BCUT2D eigenvalue weighted by molar-refractivity contribution is 6.05. The van der Waals surface area contributed by atoms with E-state index in [0.29, 0.717) is 12.2 Å². The molecule has 0 aliphatic carbocycles. The zero-order valence-corrected chi connectivity index (χ0v) is 13.0. The van der Waals surface area contributed by atoms with Gasteiger partial charge in [-0.15, -0.1) is 0 Å². The lowest BCUT2D eigenvalue weighted by atomic mass is 10.1. The van der Waals surface area contributed by atoms with Gasteiger partial charge in [0.15, 0.2) is 0 Å². The number of hydrogen-bond acceptors (Lipinski definition) is 2. The molecule has 110 valence electrons. The number of ether oxygens (including phenoxy) is 1. The van der Waals surface area contributed by atoms with Crippen molar-refractivity contribution in [2.75, 3.05) is 11.9 Å². The maximum Gasteiger partial charge on any atom is 0.255 e. The molecule has 0 atom stereocenters. The quantitative estimate of drug-likeness (QED) is 0.910. The van der Waals surface area contributed by atoms with Crippen LogP contribution in [0.4, 0.5) is 5.69 Å². The van der Waals surface area contributed by atoms with Crippen LogP contribution in [0.3, 0.4) is 0 Å². The van der Waals surface area contributed by atoms with Crippen molar-refractivity contribution in [3.8, 4) is 5.75 Å². The summed E-state index contributed by atoms with van der Waals surface area (Å²) >= 11 is 0. The number of hydrogen-bond donors (Lipinski definition) is 1. The minimum absolute atomic E-state index is 0.0986. The van der Waals surface area contributed by atoms with Crippen molar-refractivity contribution in [3.05, 3.63) is 58.7 Å². The third-order valence-electron chi connectivity index (χ3n) is 3.46. The number of nitrogens with one attached hydrogen (secondary N) is 1. The second-order valence-corrected chi connectivity index (χ2v) is 5.13. The molecule has 0 unspecified atom stereocenters. The van der Waals surface area contributed by atoms with Crippen LogP contribution in [0.2, 0.25) is 0 Å². The summed E-state index contributed by atoms with van der Waals surface area (Å²) in [6.07, 6.45) is 0. The van der Waals surface area contributed by atoms with Crippen LogP contribution in [0.25, 0.3) is 0 Å². The van der Waals surface area contributed by atoms with Crippen LogP contribution in [-0.4, -0.2) is 12.5 Å². The van der Waals surface area contributed by atoms with Crippen molar-refractivity contribution in [3.63, 3.8) is 0 Å². The predicted molar refractivity (Wildman–Crippen MR) is 86.2 cm³/mol. The molecule has 0 fully saturated rings. The number of para-hydroxylation sites is 1. The third kappa shape index (κ3) is 3.43. The molecule has 0 aromatic heterocycles. The van der Waals surface area contributed by atoms with Crippen LogP contribution in [0.1, 0.15) is 34.0 Å². The van der Waals surface area contributed by atoms with Gasteiger partial charge >= 0.3 is 0 Å². The fraction of sp³-hybridized carbons (Fsp3) is 0.278. The molecule has 21 heavy (non-hydrogen) atoms. The molecule has 1 N–H and O–H groups in total. The molecule has 0 spiro atoms. The lowest BCUT2D eigenvalue weighted by Crippen LogP contribution is -2.14. The molecule has 2 aromatic rings. The molecule has 3 heteroatoms. The Bertz CT molecular complexity index is 642. The van der Waals surface area contributed by atoms with E-state index in [-0.39, 0.29) is 5.91 Å². The van der Waals surface area contributed by atoms with Crippen LogP contribution >= 0.6 is 0 Å². The fourth-order valence-corrected chi connectivity index (χ4v) is 2.31. The van der Waals surface area contributed by atoms with Crippen LogP contribution in [0.15, 0.2) is 36.4 Å². The fourth-order valence-electron chi connectivity index (χ4n) is 2.31. The van der Waals surface area contributed by atoms with Gasteiger partial charge in [-0.1, -0.05) is 18.2 Å². The summed E-state index contributed by atoms with van der Waals surface area (Å²) < 4.78 is 5.50. The molecular weight excluding hydrogens is 262 g/mol. The Hall–Kier alpha value is -2.29. The van der Waals surface area contributed by atoms with E-state index in [1.807, 2.05) is 58.0 Å². The topological polar surface area (TPSA) is 38.3 Å². The van der Waals surface area contributed by atoms with E-state index in [4.69, 9.17) is 4.74 Å². The minimum atomic E-state index is -0.0986. The van der Waals surface area contributed by atoms with Gasteiger partial charge < -0.3 is 10.1 Å². The molecule has 0 bridgehead atoms. The Morgan fingerprint density at radius 1 is 1.05 bits per heavy atom. The Morgan fingerprint density at radius 3 is 2.29 bits per heavy atom. The number of benzene rings is 2. The summed E-state index contributed by atoms with van der Waals surface area (Å²) in [4.78, 5) is 12.4. The maximum atomic E-state index is 12.4. The second kappa shape index (κ2) is 6.44. The summed E-state index contributed by atoms with van der Waals surface area (Å²) in [5.74, 6) is 0.722. The van der Waals surface area contributed by atoms with Gasteiger partial charge in [0.2, 0.25) is 0 Å². The van der Waals surface area contributed by atoms with E-state index >= 15 is 0 Å². The van der Waals surface area contributed by atoms with Crippen LogP contribution < -0.4 is 10.1 Å². The van der Waals surface area contributed by atoms with Crippen LogP contribution in [0, 0.1) is 20.8 Å². The third-order valence-corrected chi connectivity index (χ3v) is 3.46. The van der Waals surface area contributed by atoms with Gasteiger partial charge in [0.05, 0.1) is 6.61 Å². The first-order valence-corrected chi connectivity index (χ1v) is 7.14. The summed E-state index contributed by atoms with van der Waals surface area (Å²) in [5.41, 5.74) is 4.61. The zero-order valence-electron chi connectivity index (χ0n) is 13.0. The molecule has 0 aliphatic heterocycles. The van der Waals surface area contributed by atoms with Crippen LogP contribution in [0.5, 0.6) is 5.75 Å². The highest BCUT2D eigenvalue weighted by Gasteiger charge is 2.11. The predicted octanol–water partition coefficient (Wildman–Crippen LogP) is 4.26. The number of carbonyl (C=O) groups is 1. The maximum absolute atomic E-state index is 12.4. The van der Waals surface area contributed by atoms with E-state index in [1.165, 1.54) is 0 Å².